The molecule has 2 amide bonds. The van der Waals surface area contributed by atoms with E-state index in [1.54, 1.807) is 18.2 Å². The van der Waals surface area contributed by atoms with E-state index in [-0.39, 0.29) is 11.8 Å². The van der Waals surface area contributed by atoms with E-state index in [1.807, 2.05) is 0 Å². The lowest BCUT2D eigenvalue weighted by Crippen LogP contribution is -2.26. The van der Waals surface area contributed by atoms with E-state index in [9.17, 15) is 9.59 Å². The summed E-state index contributed by atoms with van der Waals surface area (Å²) in [5.41, 5.74) is 2.18. The van der Waals surface area contributed by atoms with Gasteiger partial charge in [-0.2, -0.15) is 5.10 Å². The number of aromatic amines is 1. The number of aromatic nitrogens is 3. The Balaban J connectivity index is 1.60. The van der Waals surface area contributed by atoms with Crippen LogP contribution < -0.4 is 10.6 Å². The summed E-state index contributed by atoms with van der Waals surface area (Å²) in [7, 11) is 0. The Bertz CT molecular complexity index is 651. The van der Waals surface area contributed by atoms with Crippen molar-refractivity contribution in [1.29, 1.82) is 0 Å². The van der Waals surface area contributed by atoms with Crippen molar-refractivity contribution in [3.05, 3.63) is 41.5 Å². The van der Waals surface area contributed by atoms with Crippen LogP contribution in [0.5, 0.6) is 0 Å². The summed E-state index contributed by atoms with van der Waals surface area (Å²) in [5, 5.41) is 12.0. The highest BCUT2D eigenvalue weighted by Gasteiger charge is 2.18. The van der Waals surface area contributed by atoms with E-state index in [0.717, 1.165) is 17.1 Å². The third kappa shape index (κ3) is 2.51. The van der Waals surface area contributed by atoms with Gasteiger partial charge >= 0.3 is 0 Å². The summed E-state index contributed by atoms with van der Waals surface area (Å²) in [6.07, 6.45) is 2.40. The van der Waals surface area contributed by atoms with Crippen molar-refractivity contribution in [2.75, 3.05) is 11.9 Å². The lowest BCUT2D eigenvalue weighted by molar-refractivity contribution is -0.115. The van der Waals surface area contributed by atoms with Crippen LogP contribution in [-0.4, -0.2) is 33.5 Å². The summed E-state index contributed by atoms with van der Waals surface area (Å²) in [6.45, 7) is 0.470. The van der Waals surface area contributed by atoms with Crippen LogP contribution in [0.15, 0.2) is 24.5 Å². The standard InChI is InChI=1S/C13H13N5O2/c19-12-6-8-1-2-9(5-10(8)17-12)13(20)14-4-3-11-15-7-16-18-11/h1-2,5,7H,3-4,6H2,(H,14,20)(H,17,19)(H,15,16,18). The highest BCUT2D eigenvalue weighted by atomic mass is 16.2. The van der Waals surface area contributed by atoms with E-state index < -0.39 is 0 Å². The summed E-state index contributed by atoms with van der Waals surface area (Å²) in [4.78, 5) is 27.2. The number of nitrogens with zero attached hydrogens (tertiary/aromatic N) is 2. The third-order valence-corrected chi connectivity index (χ3v) is 3.11. The fourth-order valence-electron chi connectivity index (χ4n) is 2.10. The molecule has 102 valence electrons. The average molecular weight is 271 g/mol. The van der Waals surface area contributed by atoms with Gasteiger partial charge in [0.15, 0.2) is 0 Å². The highest BCUT2D eigenvalue weighted by Crippen LogP contribution is 2.23. The van der Waals surface area contributed by atoms with Crippen molar-refractivity contribution in [3.63, 3.8) is 0 Å². The molecule has 20 heavy (non-hydrogen) atoms. The van der Waals surface area contributed by atoms with Gasteiger partial charge in [-0.15, -0.1) is 0 Å². The topological polar surface area (TPSA) is 99.8 Å². The van der Waals surface area contributed by atoms with Gasteiger partial charge in [0.05, 0.1) is 6.42 Å². The summed E-state index contributed by atoms with van der Waals surface area (Å²) >= 11 is 0. The molecule has 0 spiro atoms. The molecule has 3 N–H and O–H groups in total. The van der Waals surface area contributed by atoms with Crippen molar-refractivity contribution in [2.24, 2.45) is 0 Å². The molecule has 0 aliphatic carbocycles. The van der Waals surface area contributed by atoms with Crippen LogP contribution in [0, 0.1) is 0 Å². The molecule has 1 aromatic heterocycles. The van der Waals surface area contributed by atoms with E-state index in [0.29, 0.717) is 24.9 Å². The summed E-state index contributed by atoms with van der Waals surface area (Å²) in [5.74, 6) is 0.517. The average Bonchev–Trinajstić information content (AvgIpc) is 3.05. The molecule has 0 fully saturated rings. The molecule has 2 heterocycles. The second-order valence-electron chi connectivity index (χ2n) is 4.53. The van der Waals surface area contributed by atoms with Gasteiger partial charge in [-0.05, 0) is 17.7 Å². The third-order valence-electron chi connectivity index (χ3n) is 3.11. The summed E-state index contributed by atoms with van der Waals surface area (Å²) < 4.78 is 0. The van der Waals surface area contributed by atoms with E-state index in [2.05, 4.69) is 25.8 Å². The van der Waals surface area contributed by atoms with Crippen molar-refractivity contribution in [2.45, 2.75) is 12.8 Å². The predicted octanol–water partition coefficient (Wildman–Crippen LogP) is 0.272. The van der Waals surface area contributed by atoms with E-state index >= 15 is 0 Å². The van der Waals surface area contributed by atoms with Gasteiger partial charge in [0.1, 0.15) is 12.2 Å². The molecule has 0 atom stereocenters. The van der Waals surface area contributed by atoms with Crippen LogP contribution in [0.25, 0.3) is 0 Å². The van der Waals surface area contributed by atoms with Gasteiger partial charge in [-0.1, -0.05) is 6.07 Å². The molecule has 1 aliphatic rings. The predicted molar refractivity (Wildman–Crippen MR) is 71.2 cm³/mol. The zero-order chi connectivity index (χ0) is 13.9. The SMILES string of the molecule is O=C1Cc2ccc(C(=O)NCCc3ncn[nH]3)cc2N1. The van der Waals surface area contributed by atoms with Crippen molar-refractivity contribution in [1.82, 2.24) is 20.5 Å². The lowest BCUT2D eigenvalue weighted by atomic mass is 10.1. The fraction of sp³-hybridized carbons (Fsp3) is 0.231. The number of anilines is 1. The number of amides is 2. The number of rotatable bonds is 4. The van der Waals surface area contributed by atoms with Gasteiger partial charge < -0.3 is 10.6 Å². The Kier molecular flexibility index (Phi) is 3.16. The smallest absolute Gasteiger partial charge is 0.251 e. The molecule has 7 nitrogen and oxygen atoms in total. The largest absolute Gasteiger partial charge is 0.352 e. The minimum Gasteiger partial charge on any atom is -0.352 e. The molecular weight excluding hydrogens is 258 g/mol. The Morgan fingerprint density at radius 2 is 2.30 bits per heavy atom. The lowest BCUT2D eigenvalue weighted by Gasteiger charge is -2.06. The van der Waals surface area contributed by atoms with Gasteiger partial charge in [0, 0.05) is 24.2 Å². The number of fused-ring (bicyclic) bond motifs is 1. The van der Waals surface area contributed by atoms with Crippen molar-refractivity contribution in [3.8, 4) is 0 Å². The van der Waals surface area contributed by atoms with E-state index in [1.165, 1.54) is 6.33 Å². The zero-order valence-corrected chi connectivity index (χ0v) is 10.6. The van der Waals surface area contributed by atoms with Gasteiger partial charge in [-0.3, -0.25) is 14.7 Å². The first-order valence-electron chi connectivity index (χ1n) is 6.27. The molecule has 2 aromatic rings. The van der Waals surface area contributed by atoms with Gasteiger partial charge in [0.2, 0.25) is 5.91 Å². The Morgan fingerprint density at radius 3 is 3.10 bits per heavy atom. The monoisotopic (exact) mass is 271 g/mol. The molecule has 7 heteroatoms. The second kappa shape index (κ2) is 5.12. The molecule has 0 bridgehead atoms. The zero-order valence-electron chi connectivity index (χ0n) is 10.6. The van der Waals surface area contributed by atoms with Crippen molar-refractivity contribution >= 4 is 17.5 Å². The normalized spacial score (nSPS) is 12.9. The number of carbonyl (C=O) groups excluding carboxylic acids is 2. The van der Waals surface area contributed by atoms with Crippen LogP contribution >= 0.6 is 0 Å². The number of carbonyl (C=O) groups is 2. The van der Waals surface area contributed by atoms with Crippen molar-refractivity contribution < 1.29 is 9.59 Å². The minimum atomic E-state index is -0.173. The molecule has 1 aromatic carbocycles. The van der Waals surface area contributed by atoms with Crippen LogP contribution in [0.2, 0.25) is 0 Å². The number of nitrogens with one attached hydrogen (secondary N) is 3. The number of hydrogen-bond acceptors (Lipinski definition) is 4. The molecule has 0 unspecified atom stereocenters. The number of benzene rings is 1. The van der Waals surface area contributed by atoms with Crippen LogP contribution in [-0.2, 0) is 17.6 Å². The van der Waals surface area contributed by atoms with Crippen LogP contribution in [0.3, 0.4) is 0 Å². The first kappa shape index (κ1) is 12.3. The molecule has 0 radical (unpaired) electrons. The van der Waals surface area contributed by atoms with Gasteiger partial charge in [0.25, 0.3) is 5.91 Å². The Hall–Kier alpha value is -2.70. The first-order valence-corrected chi connectivity index (χ1v) is 6.27. The Labute approximate surface area is 114 Å². The first-order chi connectivity index (χ1) is 9.72. The maximum atomic E-state index is 12.0. The molecular formula is C13H13N5O2. The quantitative estimate of drug-likeness (QED) is 0.743. The maximum absolute atomic E-state index is 12.0. The van der Waals surface area contributed by atoms with Crippen LogP contribution in [0.1, 0.15) is 21.7 Å². The molecule has 1 aliphatic heterocycles. The van der Waals surface area contributed by atoms with E-state index in [4.69, 9.17) is 0 Å². The molecule has 3 rings (SSSR count). The van der Waals surface area contributed by atoms with Crippen LogP contribution in [0.4, 0.5) is 5.69 Å². The molecule has 0 saturated carbocycles. The Morgan fingerprint density at radius 1 is 1.40 bits per heavy atom. The second-order valence-corrected chi connectivity index (χ2v) is 4.53. The maximum Gasteiger partial charge on any atom is 0.251 e. The number of H-pyrrole nitrogens is 1. The fourth-order valence-corrected chi connectivity index (χ4v) is 2.10. The number of hydrogen-bond donors (Lipinski definition) is 3. The van der Waals surface area contributed by atoms with Gasteiger partial charge in [-0.25, -0.2) is 4.98 Å². The minimum absolute atomic E-state index is 0.0390. The highest BCUT2D eigenvalue weighted by molar-refractivity contribution is 6.02. The summed E-state index contributed by atoms with van der Waals surface area (Å²) in [6, 6.07) is 5.23. The molecule has 0 saturated heterocycles.